The van der Waals surface area contributed by atoms with Crippen molar-refractivity contribution in [3.05, 3.63) is 35.9 Å². The van der Waals surface area contributed by atoms with Crippen molar-refractivity contribution in [3.8, 4) is 0 Å². The van der Waals surface area contributed by atoms with E-state index in [1.807, 2.05) is 24.9 Å². The molecule has 0 saturated carbocycles. The van der Waals surface area contributed by atoms with Gasteiger partial charge in [-0.05, 0) is 25.7 Å². The summed E-state index contributed by atoms with van der Waals surface area (Å²) < 4.78 is 0.212. The van der Waals surface area contributed by atoms with Crippen LogP contribution in [0.1, 0.15) is 19.4 Å². The van der Waals surface area contributed by atoms with Crippen molar-refractivity contribution in [1.29, 1.82) is 0 Å². The zero-order valence-electron chi connectivity index (χ0n) is 12.6. The summed E-state index contributed by atoms with van der Waals surface area (Å²) in [5, 5.41) is 3.44. The number of nitrogens with zero attached hydrogens (tertiary/aromatic N) is 2. The predicted molar refractivity (Wildman–Crippen MR) is 86.9 cm³/mol. The number of thioether (sulfide) groups is 1. The fourth-order valence-corrected chi connectivity index (χ4v) is 1.90. The third-order valence-corrected chi connectivity index (χ3v) is 4.31. The Hall–Kier alpha value is -1.16. The van der Waals surface area contributed by atoms with Gasteiger partial charge in [-0.15, -0.1) is 0 Å². The van der Waals surface area contributed by atoms with Crippen LogP contribution in [0, 0.1) is 0 Å². The van der Waals surface area contributed by atoms with Crippen molar-refractivity contribution in [2.45, 2.75) is 25.1 Å². The number of hydrogen-bond acceptors (Lipinski definition) is 2. The molecule has 0 spiro atoms. The minimum Gasteiger partial charge on any atom is -0.355 e. The molecule has 0 radical (unpaired) electrons. The number of hydrogen-bond donors (Lipinski definition) is 1. The number of rotatable bonds is 5. The van der Waals surface area contributed by atoms with E-state index in [0.717, 1.165) is 19.0 Å². The van der Waals surface area contributed by atoms with Crippen molar-refractivity contribution < 1.29 is 0 Å². The lowest BCUT2D eigenvalue weighted by atomic mass is 10.2. The fourth-order valence-electron chi connectivity index (χ4n) is 1.68. The first-order valence-electron chi connectivity index (χ1n) is 6.49. The molecule has 19 heavy (non-hydrogen) atoms. The fraction of sp³-hybridized carbons (Fsp3) is 0.533. The number of aliphatic imine (C=N–C) groups is 1. The molecule has 0 aromatic heterocycles. The van der Waals surface area contributed by atoms with Gasteiger partial charge in [-0.25, -0.2) is 0 Å². The number of guanidine groups is 1. The lowest BCUT2D eigenvalue weighted by Gasteiger charge is -2.27. The van der Waals surface area contributed by atoms with E-state index < -0.39 is 0 Å². The molecule has 1 rings (SSSR count). The van der Waals surface area contributed by atoms with Gasteiger partial charge in [0, 0.05) is 31.9 Å². The molecule has 0 aliphatic heterocycles. The highest BCUT2D eigenvalue weighted by atomic mass is 32.2. The summed E-state index contributed by atoms with van der Waals surface area (Å²) in [7, 11) is 3.89. The summed E-state index contributed by atoms with van der Waals surface area (Å²) in [4.78, 5) is 6.49. The summed E-state index contributed by atoms with van der Waals surface area (Å²) in [6.07, 6.45) is 2.14. The van der Waals surface area contributed by atoms with Crippen LogP contribution >= 0.6 is 11.8 Å². The summed E-state index contributed by atoms with van der Waals surface area (Å²) in [6.45, 7) is 6.23. The Morgan fingerprint density at radius 2 is 1.95 bits per heavy atom. The van der Waals surface area contributed by atoms with Gasteiger partial charge in [0.2, 0.25) is 0 Å². The van der Waals surface area contributed by atoms with E-state index in [-0.39, 0.29) is 4.75 Å². The van der Waals surface area contributed by atoms with Gasteiger partial charge in [0.05, 0.1) is 0 Å². The molecule has 3 nitrogen and oxygen atoms in total. The van der Waals surface area contributed by atoms with Crippen LogP contribution in [0.2, 0.25) is 0 Å². The second-order valence-corrected chi connectivity index (χ2v) is 6.72. The highest BCUT2D eigenvalue weighted by Crippen LogP contribution is 2.19. The van der Waals surface area contributed by atoms with Gasteiger partial charge in [-0.1, -0.05) is 30.3 Å². The third-order valence-electron chi connectivity index (χ3n) is 3.06. The van der Waals surface area contributed by atoms with Gasteiger partial charge >= 0.3 is 0 Å². The molecule has 1 N–H and O–H groups in total. The lowest BCUT2D eigenvalue weighted by molar-refractivity contribution is 0.472. The monoisotopic (exact) mass is 279 g/mol. The van der Waals surface area contributed by atoms with E-state index in [1.165, 1.54) is 5.56 Å². The van der Waals surface area contributed by atoms with Gasteiger partial charge in [0.15, 0.2) is 5.96 Å². The molecule has 0 atom stereocenters. The standard InChI is InChI=1S/C15H25N3S/c1-15(2,19-5)12-17-14(16-3)18(4)11-13-9-7-6-8-10-13/h6-10H,11-12H2,1-5H3,(H,16,17). The third kappa shape index (κ3) is 5.55. The zero-order chi connectivity index (χ0) is 14.3. The number of nitrogens with one attached hydrogen (secondary N) is 1. The highest BCUT2D eigenvalue weighted by molar-refractivity contribution is 7.99. The average Bonchev–Trinajstić information content (AvgIpc) is 2.40. The van der Waals surface area contributed by atoms with Gasteiger partial charge in [-0.2, -0.15) is 11.8 Å². The van der Waals surface area contributed by atoms with E-state index in [9.17, 15) is 0 Å². The number of benzene rings is 1. The van der Waals surface area contributed by atoms with E-state index in [1.54, 1.807) is 0 Å². The smallest absolute Gasteiger partial charge is 0.193 e. The minimum atomic E-state index is 0.212. The van der Waals surface area contributed by atoms with Gasteiger partial charge in [-0.3, -0.25) is 4.99 Å². The molecule has 0 unspecified atom stereocenters. The molecule has 0 aliphatic carbocycles. The molecular weight excluding hydrogens is 254 g/mol. The van der Waals surface area contributed by atoms with Crippen molar-refractivity contribution in [1.82, 2.24) is 10.2 Å². The van der Waals surface area contributed by atoms with Crippen LogP contribution in [-0.2, 0) is 6.54 Å². The van der Waals surface area contributed by atoms with Gasteiger partial charge < -0.3 is 10.2 Å². The highest BCUT2D eigenvalue weighted by Gasteiger charge is 2.17. The van der Waals surface area contributed by atoms with Gasteiger partial charge in [0.1, 0.15) is 0 Å². The summed E-state index contributed by atoms with van der Waals surface area (Å²) in [5.74, 6) is 0.936. The molecule has 106 valence electrons. The maximum atomic E-state index is 4.34. The molecule has 0 aliphatic rings. The average molecular weight is 279 g/mol. The molecule has 0 bridgehead atoms. The van der Waals surface area contributed by atoms with Crippen LogP contribution < -0.4 is 5.32 Å². The SMILES string of the molecule is CN=C(NCC(C)(C)SC)N(C)Cc1ccccc1. The van der Waals surface area contributed by atoms with E-state index in [0.29, 0.717) is 0 Å². The largest absolute Gasteiger partial charge is 0.355 e. The van der Waals surface area contributed by atoms with Crippen molar-refractivity contribution in [3.63, 3.8) is 0 Å². The Bertz CT molecular complexity index is 401. The molecule has 0 amide bonds. The van der Waals surface area contributed by atoms with Crippen LogP contribution in [0.25, 0.3) is 0 Å². The Morgan fingerprint density at radius 3 is 2.47 bits per heavy atom. The Balaban J connectivity index is 2.56. The second-order valence-electron chi connectivity index (χ2n) is 5.21. The Kier molecular flexibility index (Phi) is 6.22. The molecule has 0 heterocycles. The minimum absolute atomic E-state index is 0.212. The molecule has 1 aromatic rings. The Labute approximate surface area is 121 Å². The Morgan fingerprint density at radius 1 is 1.32 bits per heavy atom. The first kappa shape index (κ1) is 15.9. The lowest BCUT2D eigenvalue weighted by Crippen LogP contribution is -2.43. The van der Waals surface area contributed by atoms with Crippen molar-refractivity contribution >= 4 is 17.7 Å². The predicted octanol–water partition coefficient (Wildman–Crippen LogP) is 2.84. The van der Waals surface area contributed by atoms with E-state index in [2.05, 4.69) is 66.6 Å². The first-order valence-corrected chi connectivity index (χ1v) is 7.72. The van der Waals surface area contributed by atoms with Crippen LogP contribution in [-0.4, -0.2) is 42.5 Å². The van der Waals surface area contributed by atoms with Crippen LogP contribution in [0.5, 0.6) is 0 Å². The molecular formula is C15H25N3S. The zero-order valence-corrected chi connectivity index (χ0v) is 13.4. The van der Waals surface area contributed by atoms with Gasteiger partial charge in [0.25, 0.3) is 0 Å². The molecule has 4 heteroatoms. The molecule has 0 saturated heterocycles. The maximum absolute atomic E-state index is 4.34. The van der Waals surface area contributed by atoms with E-state index in [4.69, 9.17) is 0 Å². The van der Waals surface area contributed by atoms with Crippen LogP contribution in [0.4, 0.5) is 0 Å². The molecule has 1 aromatic carbocycles. The van der Waals surface area contributed by atoms with Crippen LogP contribution in [0.3, 0.4) is 0 Å². The maximum Gasteiger partial charge on any atom is 0.193 e. The topological polar surface area (TPSA) is 27.6 Å². The van der Waals surface area contributed by atoms with Crippen molar-refractivity contribution in [2.75, 3.05) is 26.9 Å². The van der Waals surface area contributed by atoms with E-state index >= 15 is 0 Å². The summed E-state index contributed by atoms with van der Waals surface area (Å²) in [6, 6.07) is 10.4. The summed E-state index contributed by atoms with van der Waals surface area (Å²) >= 11 is 1.86. The summed E-state index contributed by atoms with van der Waals surface area (Å²) in [5.41, 5.74) is 1.29. The second kappa shape index (κ2) is 7.43. The quantitative estimate of drug-likeness (QED) is 0.663. The normalized spacial score (nSPS) is 12.4. The molecule has 0 fully saturated rings. The van der Waals surface area contributed by atoms with Crippen molar-refractivity contribution in [2.24, 2.45) is 4.99 Å². The van der Waals surface area contributed by atoms with Crippen LogP contribution in [0.15, 0.2) is 35.3 Å². The first-order chi connectivity index (χ1) is 8.98.